The number of esters is 1. The number of para-hydroxylation sites is 2. The zero-order valence-electron chi connectivity index (χ0n) is 19.6. The average Bonchev–Trinajstić information content (AvgIpc) is 3.60. The molecule has 0 radical (unpaired) electrons. The van der Waals surface area contributed by atoms with E-state index in [2.05, 4.69) is 10.6 Å². The van der Waals surface area contributed by atoms with E-state index in [0.29, 0.717) is 42.1 Å². The van der Waals surface area contributed by atoms with E-state index in [0.717, 1.165) is 0 Å². The first-order valence-electron chi connectivity index (χ1n) is 11.3. The number of hydrogen-bond acceptors (Lipinski definition) is 7. The molecule has 0 spiro atoms. The van der Waals surface area contributed by atoms with Gasteiger partial charge in [-0.15, -0.1) is 0 Å². The predicted molar refractivity (Wildman–Crippen MR) is 130 cm³/mol. The standard InChI is InChI=1S/C26H25N3O7/c1-34-21-8-3-2-6-19(21)28-24(31)17-10-12-18(13-11-17)27-23(30)16-36-26(33)20-7-4-14-29(20)25(32)22-9-5-15-35-22/h2-3,5-6,8-13,15,20H,4,7,14,16H2,1H3,(H,27,30)(H,28,31). The number of ether oxygens (including phenoxy) is 2. The molecule has 1 saturated heterocycles. The van der Waals surface area contributed by atoms with Crippen LogP contribution in [0.4, 0.5) is 11.4 Å². The van der Waals surface area contributed by atoms with Gasteiger partial charge >= 0.3 is 5.97 Å². The third-order valence-corrected chi connectivity index (χ3v) is 5.65. The Morgan fingerprint density at radius 3 is 2.50 bits per heavy atom. The Bertz CT molecular complexity index is 1240. The Balaban J connectivity index is 1.27. The molecule has 2 N–H and O–H groups in total. The average molecular weight is 492 g/mol. The number of methoxy groups -OCH3 is 1. The topological polar surface area (TPSA) is 127 Å². The molecule has 1 aromatic heterocycles. The molecule has 0 saturated carbocycles. The Morgan fingerprint density at radius 2 is 1.78 bits per heavy atom. The highest BCUT2D eigenvalue weighted by molar-refractivity contribution is 6.05. The summed E-state index contributed by atoms with van der Waals surface area (Å²) < 4.78 is 15.5. The van der Waals surface area contributed by atoms with E-state index in [9.17, 15) is 19.2 Å². The van der Waals surface area contributed by atoms with Crippen LogP contribution in [0.2, 0.25) is 0 Å². The van der Waals surface area contributed by atoms with Gasteiger partial charge in [0.1, 0.15) is 11.8 Å². The second-order valence-corrected chi connectivity index (χ2v) is 8.02. The van der Waals surface area contributed by atoms with Crippen molar-refractivity contribution in [3.05, 3.63) is 78.3 Å². The van der Waals surface area contributed by atoms with E-state index in [1.54, 1.807) is 54.6 Å². The third kappa shape index (κ3) is 5.72. The van der Waals surface area contributed by atoms with E-state index < -0.39 is 30.4 Å². The van der Waals surface area contributed by atoms with Gasteiger partial charge in [0.2, 0.25) is 0 Å². The zero-order chi connectivity index (χ0) is 25.5. The lowest BCUT2D eigenvalue weighted by Gasteiger charge is -2.22. The molecule has 0 aliphatic carbocycles. The summed E-state index contributed by atoms with van der Waals surface area (Å²) in [5, 5.41) is 5.39. The van der Waals surface area contributed by atoms with Crippen molar-refractivity contribution in [3.63, 3.8) is 0 Å². The number of nitrogens with zero attached hydrogens (tertiary/aromatic N) is 1. The quantitative estimate of drug-likeness (QED) is 0.463. The number of rotatable bonds is 8. The molecule has 2 aromatic carbocycles. The fraction of sp³-hybridized carbons (Fsp3) is 0.231. The van der Waals surface area contributed by atoms with Crippen molar-refractivity contribution in [3.8, 4) is 5.75 Å². The Morgan fingerprint density at radius 1 is 1.00 bits per heavy atom. The molecule has 1 fully saturated rings. The van der Waals surface area contributed by atoms with Crippen molar-refractivity contribution in [1.82, 2.24) is 4.90 Å². The van der Waals surface area contributed by atoms with Crippen LogP contribution in [0.1, 0.15) is 33.8 Å². The summed E-state index contributed by atoms with van der Waals surface area (Å²) in [6, 6.07) is 15.7. The minimum Gasteiger partial charge on any atom is -0.495 e. The second kappa shape index (κ2) is 11.2. The molecule has 10 heteroatoms. The first-order valence-corrected chi connectivity index (χ1v) is 11.3. The summed E-state index contributed by atoms with van der Waals surface area (Å²) >= 11 is 0. The molecule has 1 aliphatic rings. The maximum Gasteiger partial charge on any atom is 0.329 e. The van der Waals surface area contributed by atoms with E-state index in [-0.39, 0.29) is 11.7 Å². The molecule has 2 heterocycles. The second-order valence-electron chi connectivity index (χ2n) is 8.02. The molecule has 3 aromatic rings. The predicted octanol–water partition coefficient (Wildman–Crippen LogP) is 3.33. The zero-order valence-corrected chi connectivity index (χ0v) is 19.6. The van der Waals surface area contributed by atoms with Gasteiger partial charge in [0.25, 0.3) is 17.7 Å². The molecule has 1 unspecified atom stereocenters. The van der Waals surface area contributed by atoms with Crippen LogP contribution in [0.25, 0.3) is 0 Å². The highest BCUT2D eigenvalue weighted by Gasteiger charge is 2.36. The molecular weight excluding hydrogens is 466 g/mol. The monoisotopic (exact) mass is 491 g/mol. The van der Waals surface area contributed by atoms with Gasteiger partial charge in [0.15, 0.2) is 12.4 Å². The van der Waals surface area contributed by atoms with E-state index in [4.69, 9.17) is 13.9 Å². The molecule has 0 bridgehead atoms. The van der Waals surface area contributed by atoms with E-state index >= 15 is 0 Å². The van der Waals surface area contributed by atoms with Crippen LogP contribution in [-0.4, -0.2) is 54.9 Å². The lowest BCUT2D eigenvalue weighted by Crippen LogP contribution is -2.42. The van der Waals surface area contributed by atoms with Gasteiger partial charge in [0, 0.05) is 17.8 Å². The van der Waals surface area contributed by atoms with Gasteiger partial charge in [0.05, 0.1) is 19.1 Å². The minimum absolute atomic E-state index is 0.146. The number of nitrogens with one attached hydrogen (secondary N) is 2. The molecular formula is C26H25N3O7. The largest absolute Gasteiger partial charge is 0.495 e. The summed E-state index contributed by atoms with van der Waals surface area (Å²) in [7, 11) is 1.52. The molecule has 186 valence electrons. The summed E-state index contributed by atoms with van der Waals surface area (Å²) in [6.07, 6.45) is 2.49. The van der Waals surface area contributed by atoms with Crippen LogP contribution in [0, 0.1) is 0 Å². The van der Waals surface area contributed by atoms with Crippen molar-refractivity contribution < 1.29 is 33.1 Å². The molecule has 1 aliphatic heterocycles. The number of anilines is 2. The van der Waals surface area contributed by atoms with Gasteiger partial charge in [-0.3, -0.25) is 14.4 Å². The lowest BCUT2D eigenvalue weighted by molar-refractivity contribution is -0.151. The number of hydrogen-bond donors (Lipinski definition) is 2. The van der Waals surface area contributed by atoms with Crippen molar-refractivity contribution >= 4 is 35.1 Å². The first kappa shape index (κ1) is 24.5. The summed E-state index contributed by atoms with van der Waals surface area (Å²) in [5.74, 6) is -1.24. The first-order chi connectivity index (χ1) is 17.5. The highest BCUT2D eigenvalue weighted by atomic mass is 16.5. The smallest absolute Gasteiger partial charge is 0.329 e. The normalized spacial score (nSPS) is 14.7. The van der Waals surface area contributed by atoms with Gasteiger partial charge in [-0.1, -0.05) is 12.1 Å². The SMILES string of the molecule is COc1ccccc1NC(=O)c1ccc(NC(=O)COC(=O)C2CCCN2C(=O)c2ccco2)cc1. The van der Waals surface area contributed by atoms with Crippen LogP contribution in [-0.2, 0) is 14.3 Å². The van der Waals surface area contributed by atoms with Crippen molar-refractivity contribution in [2.75, 3.05) is 30.9 Å². The van der Waals surface area contributed by atoms with E-state index in [1.807, 2.05) is 0 Å². The number of carbonyl (C=O) groups is 4. The van der Waals surface area contributed by atoms with Crippen LogP contribution < -0.4 is 15.4 Å². The lowest BCUT2D eigenvalue weighted by atomic mass is 10.2. The molecule has 3 amide bonds. The Labute approximate surface area is 207 Å². The third-order valence-electron chi connectivity index (χ3n) is 5.65. The van der Waals surface area contributed by atoms with Gasteiger partial charge in [-0.25, -0.2) is 4.79 Å². The van der Waals surface area contributed by atoms with Crippen LogP contribution in [0.3, 0.4) is 0 Å². The Hall–Kier alpha value is -4.60. The van der Waals surface area contributed by atoms with E-state index in [1.165, 1.54) is 24.3 Å². The number of benzene rings is 2. The van der Waals surface area contributed by atoms with Crippen LogP contribution in [0.5, 0.6) is 5.75 Å². The molecule has 1 atom stereocenters. The number of likely N-dealkylation sites (tertiary alicyclic amines) is 1. The number of carbonyl (C=O) groups excluding carboxylic acids is 4. The molecule has 36 heavy (non-hydrogen) atoms. The fourth-order valence-corrected chi connectivity index (χ4v) is 3.87. The molecule has 10 nitrogen and oxygen atoms in total. The Kier molecular flexibility index (Phi) is 7.64. The van der Waals surface area contributed by atoms with Gasteiger partial charge < -0.3 is 29.4 Å². The fourth-order valence-electron chi connectivity index (χ4n) is 3.87. The molecule has 4 rings (SSSR count). The highest BCUT2D eigenvalue weighted by Crippen LogP contribution is 2.24. The summed E-state index contributed by atoms with van der Waals surface area (Å²) in [5.41, 5.74) is 1.35. The van der Waals surface area contributed by atoms with Crippen molar-refractivity contribution in [1.29, 1.82) is 0 Å². The van der Waals surface area contributed by atoms with Crippen LogP contribution >= 0.6 is 0 Å². The summed E-state index contributed by atoms with van der Waals surface area (Å²) in [6.45, 7) is -0.101. The van der Waals surface area contributed by atoms with Crippen molar-refractivity contribution in [2.45, 2.75) is 18.9 Å². The van der Waals surface area contributed by atoms with Crippen LogP contribution in [0.15, 0.2) is 71.3 Å². The minimum atomic E-state index is -0.767. The number of furan rings is 1. The maximum absolute atomic E-state index is 12.5. The van der Waals surface area contributed by atoms with Gasteiger partial charge in [-0.05, 0) is 61.4 Å². The van der Waals surface area contributed by atoms with Gasteiger partial charge in [-0.2, -0.15) is 0 Å². The maximum atomic E-state index is 12.5. The van der Waals surface area contributed by atoms with Crippen molar-refractivity contribution in [2.24, 2.45) is 0 Å². The number of amides is 3. The summed E-state index contributed by atoms with van der Waals surface area (Å²) in [4.78, 5) is 51.3.